The Morgan fingerprint density at radius 1 is 1.13 bits per heavy atom. The number of carbonyl (C=O) groups excluding carboxylic acids is 1. The molecule has 0 aliphatic rings. The zero-order valence-electron chi connectivity index (χ0n) is 16.6. The summed E-state index contributed by atoms with van der Waals surface area (Å²) in [4.78, 5) is 16.8. The SMILES string of the molecule is CC(C)n1c2ccccc2c2nnc(SCC(=O)Nc3cccc(C(F)(F)F)c3)nc21. The summed E-state index contributed by atoms with van der Waals surface area (Å²) >= 11 is 1.07. The third-order valence-corrected chi connectivity index (χ3v) is 5.46. The molecule has 160 valence electrons. The highest BCUT2D eigenvalue weighted by atomic mass is 32.2. The summed E-state index contributed by atoms with van der Waals surface area (Å²) in [5.74, 6) is -0.525. The zero-order valence-corrected chi connectivity index (χ0v) is 17.5. The van der Waals surface area contributed by atoms with E-state index in [9.17, 15) is 18.0 Å². The van der Waals surface area contributed by atoms with Crippen molar-refractivity contribution in [2.24, 2.45) is 0 Å². The minimum absolute atomic E-state index is 0.0641. The van der Waals surface area contributed by atoms with E-state index >= 15 is 0 Å². The van der Waals surface area contributed by atoms with Gasteiger partial charge in [-0.05, 0) is 38.1 Å². The summed E-state index contributed by atoms with van der Waals surface area (Å²) < 4.78 is 40.5. The second kappa shape index (κ2) is 8.18. The first-order valence-corrected chi connectivity index (χ1v) is 10.5. The number of anilines is 1. The molecule has 0 aliphatic carbocycles. The summed E-state index contributed by atoms with van der Waals surface area (Å²) in [6.07, 6.45) is -4.47. The fraction of sp³-hybridized carbons (Fsp3) is 0.238. The number of benzene rings is 2. The molecule has 0 radical (unpaired) electrons. The maximum Gasteiger partial charge on any atom is 0.416 e. The fourth-order valence-corrected chi connectivity index (χ4v) is 3.91. The smallest absolute Gasteiger partial charge is 0.325 e. The van der Waals surface area contributed by atoms with Crippen molar-refractivity contribution in [2.45, 2.75) is 31.2 Å². The first kappa shape index (κ1) is 21.1. The molecule has 1 N–H and O–H groups in total. The molecule has 2 heterocycles. The molecular formula is C21H18F3N5OS. The quantitative estimate of drug-likeness (QED) is 0.422. The van der Waals surface area contributed by atoms with Gasteiger partial charge in [0.15, 0.2) is 5.65 Å². The Hall–Kier alpha value is -3.14. The van der Waals surface area contributed by atoms with E-state index in [1.165, 1.54) is 12.1 Å². The number of para-hydroxylation sites is 1. The molecule has 31 heavy (non-hydrogen) atoms. The molecule has 4 aromatic rings. The number of aromatic nitrogens is 4. The first-order valence-electron chi connectivity index (χ1n) is 9.47. The maximum atomic E-state index is 12.8. The lowest BCUT2D eigenvalue weighted by atomic mass is 10.2. The maximum absolute atomic E-state index is 12.8. The topological polar surface area (TPSA) is 72.7 Å². The van der Waals surface area contributed by atoms with Crippen molar-refractivity contribution < 1.29 is 18.0 Å². The lowest BCUT2D eigenvalue weighted by Crippen LogP contribution is -2.15. The van der Waals surface area contributed by atoms with Gasteiger partial charge in [0, 0.05) is 17.1 Å². The van der Waals surface area contributed by atoms with Crippen molar-refractivity contribution >= 4 is 45.4 Å². The molecule has 0 fully saturated rings. The van der Waals surface area contributed by atoms with Gasteiger partial charge in [0.05, 0.1) is 16.8 Å². The number of carbonyl (C=O) groups is 1. The molecule has 6 nitrogen and oxygen atoms in total. The van der Waals surface area contributed by atoms with Crippen molar-refractivity contribution in [3.8, 4) is 0 Å². The number of nitrogens with zero attached hydrogens (tertiary/aromatic N) is 4. The van der Waals surface area contributed by atoms with Gasteiger partial charge in [-0.3, -0.25) is 4.79 Å². The van der Waals surface area contributed by atoms with E-state index in [-0.39, 0.29) is 17.5 Å². The van der Waals surface area contributed by atoms with E-state index in [1.807, 2.05) is 38.1 Å². The average molecular weight is 445 g/mol. The van der Waals surface area contributed by atoms with Crippen LogP contribution in [0.25, 0.3) is 22.1 Å². The highest BCUT2D eigenvalue weighted by Gasteiger charge is 2.30. The van der Waals surface area contributed by atoms with Crippen LogP contribution < -0.4 is 5.32 Å². The largest absolute Gasteiger partial charge is 0.416 e. The number of hydrogen-bond acceptors (Lipinski definition) is 5. The molecule has 0 bridgehead atoms. The summed E-state index contributed by atoms with van der Waals surface area (Å²) in [6.45, 7) is 4.09. The molecule has 0 unspecified atom stereocenters. The number of rotatable bonds is 5. The Morgan fingerprint density at radius 3 is 2.65 bits per heavy atom. The van der Waals surface area contributed by atoms with Crippen LogP contribution in [-0.4, -0.2) is 31.4 Å². The predicted octanol–water partition coefficient (Wildman–Crippen LogP) is 5.31. The van der Waals surface area contributed by atoms with Gasteiger partial charge in [-0.25, -0.2) is 4.98 Å². The number of halogens is 3. The van der Waals surface area contributed by atoms with Gasteiger partial charge in [-0.1, -0.05) is 36.0 Å². The number of amides is 1. The van der Waals surface area contributed by atoms with Crippen LogP contribution in [0.4, 0.5) is 18.9 Å². The summed E-state index contributed by atoms with van der Waals surface area (Å²) in [7, 11) is 0. The molecule has 2 aromatic carbocycles. The number of hydrogen-bond donors (Lipinski definition) is 1. The number of alkyl halides is 3. The van der Waals surface area contributed by atoms with Gasteiger partial charge in [-0.2, -0.15) is 13.2 Å². The van der Waals surface area contributed by atoms with E-state index in [0.29, 0.717) is 16.3 Å². The third-order valence-electron chi connectivity index (χ3n) is 4.62. The second-order valence-corrected chi connectivity index (χ2v) is 8.11. The van der Waals surface area contributed by atoms with Crippen LogP contribution in [0.3, 0.4) is 0 Å². The van der Waals surface area contributed by atoms with Crippen LogP contribution in [0.1, 0.15) is 25.5 Å². The molecule has 10 heteroatoms. The third kappa shape index (κ3) is 4.34. The van der Waals surface area contributed by atoms with E-state index in [1.54, 1.807) is 0 Å². The Bertz CT molecular complexity index is 1270. The van der Waals surface area contributed by atoms with Crippen molar-refractivity contribution in [1.82, 2.24) is 19.7 Å². The fourth-order valence-electron chi connectivity index (χ4n) is 3.33. The minimum atomic E-state index is -4.47. The van der Waals surface area contributed by atoms with Crippen LogP contribution in [0.5, 0.6) is 0 Å². The van der Waals surface area contributed by atoms with E-state index in [4.69, 9.17) is 0 Å². The number of thioether (sulfide) groups is 1. The van der Waals surface area contributed by atoms with Gasteiger partial charge in [0.1, 0.15) is 5.52 Å². The molecule has 0 saturated heterocycles. The molecule has 0 saturated carbocycles. The average Bonchev–Trinajstić information content (AvgIpc) is 3.05. The summed E-state index contributed by atoms with van der Waals surface area (Å²) in [5, 5.41) is 12.2. The lowest BCUT2D eigenvalue weighted by molar-refractivity contribution is -0.137. The van der Waals surface area contributed by atoms with Crippen LogP contribution in [0.15, 0.2) is 53.7 Å². The Morgan fingerprint density at radius 2 is 1.90 bits per heavy atom. The van der Waals surface area contributed by atoms with Crippen molar-refractivity contribution in [3.05, 3.63) is 54.1 Å². The molecular weight excluding hydrogens is 427 g/mol. The van der Waals surface area contributed by atoms with Gasteiger partial charge in [0.25, 0.3) is 0 Å². The molecule has 0 spiro atoms. The Labute approximate surface area is 179 Å². The molecule has 2 aromatic heterocycles. The van der Waals surface area contributed by atoms with E-state index < -0.39 is 17.6 Å². The van der Waals surface area contributed by atoms with Crippen LogP contribution in [0, 0.1) is 0 Å². The molecule has 1 amide bonds. The molecule has 0 atom stereocenters. The highest BCUT2D eigenvalue weighted by molar-refractivity contribution is 7.99. The van der Waals surface area contributed by atoms with Gasteiger partial charge in [-0.15, -0.1) is 10.2 Å². The van der Waals surface area contributed by atoms with Crippen molar-refractivity contribution in [2.75, 3.05) is 11.1 Å². The van der Waals surface area contributed by atoms with Crippen molar-refractivity contribution in [1.29, 1.82) is 0 Å². The monoisotopic (exact) mass is 445 g/mol. The Kier molecular flexibility index (Phi) is 5.57. The van der Waals surface area contributed by atoms with Crippen LogP contribution in [-0.2, 0) is 11.0 Å². The van der Waals surface area contributed by atoms with Gasteiger partial charge in [0.2, 0.25) is 11.1 Å². The zero-order chi connectivity index (χ0) is 22.2. The first-order chi connectivity index (χ1) is 14.7. The Balaban J connectivity index is 1.52. The van der Waals surface area contributed by atoms with Crippen LogP contribution >= 0.6 is 11.8 Å². The van der Waals surface area contributed by atoms with Crippen LogP contribution in [0.2, 0.25) is 0 Å². The number of nitrogens with one attached hydrogen (secondary N) is 1. The predicted molar refractivity (Wildman–Crippen MR) is 114 cm³/mol. The standard InChI is InChI=1S/C21H18F3N5OS/c1-12(2)29-16-9-4-3-8-15(16)18-19(29)26-20(28-27-18)31-11-17(30)25-14-7-5-6-13(10-14)21(22,23)24/h3-10,12H,11H2,1-2H3,(H,25,30). The van der Waals surface area contributed by atoms with E-state index in [0.717, 1.165) is 34.8 Å². The number of fused-ring (bicyclic) bond motifs is 3. The summed E-state index contributed by atoms with van der Waals surface area (Å²) in [6, 6.07) is 12.5. The molecule has 0 aliphatic heterocycles. The lowest BCUT2D eigenvalue weighted by Gasteiger charge is -2.10. The second-order valence-electron chi connectivity index (χ2n) is 7.16. The van der Waals surface area contributed by atoms with Gasteiger partial charge < -0.3 is 9.88 Å². The highest BCUT2D eigenvalue weighted by Crippen LogP contribution is 2.31. The van der Waals surface area contributed by atoms with Gasteiger partial charge >= 0.3 is 6.18 Å². The minimum Gasteiger partial charge on any atom is -0.325 e. The van der Waals surface area contributed by atoms with Crippen molar-refractivity contribution in [3.63, 3.8) is 0 Å². The normalized spacial score (nSPS) is 12.1. The van der Waals surface area contributed by atoms with E-state index in [2.05, 4.69) is 25.1 Å². The molecule has 4 rings (SSSR count). The summed E-state index contributed by atoms with van der Waals surface area (Å²) in [5.41, 5.74) is 1.61.